The highest BCUT2D eigenvalue weighted by Gasteiger charge is 2.41. The lowest BCUT2D eigenvalue weighted by Gasteiger charge is -2.42. The second-order valence-corrected chi connectivity index (χ2v) is 11.6. The highest BCUT2D eigenvalue weighted by atomic mass is 16.2. The van der Waals surface area contributed by atoms with E-state index in [1.165, 1.54) is 63.7 Å². The Balaban J connectivity index is 1.16. The standard InChI is InChI=1S/C30H42N8O/c1-3-14-36(15-4-2)23-10-16-37(17-11-23)24-8-9-26(31-20-24)34-29-32-19-22-18-25-28(39)33-21-30(12-6-5-7-13-30)38(25)27(22)35-29/h8-9,18-20,23H,3-7,10-17,21H2,1-2H3,(H,33,39)(H,31,32,34,35). The lowest BCUT2D eigenvalue weighted by Crippen LogP contribution is -2.52. The molecule has 1 aliphatic carbocycles. The molecule has 0 atom stereocenters. The summed E-state index contributed by atoms with van der Waals surface area (Å²) < 4.78 is 2.20. The molecule has 39 heavy (non-hydrogen) atoms. The first-order chi connectivity index (χ1) is 19.1. The second kappa shape index (κ2) is 11.1. The summed E-state index contributed by atoms with van der Waals surface area (Å²) in [6.07, 6.45) is 14.3. The van der Waals surface area contributed by atoms with Crippen molar-refractivity contribution < 1.29 is 4.79 Å². The monoisotopic (exact) mass is 530 g/mol. The Morgan fingerprint density at radius 1 is 1.05 bits per heavy atom. The van der Waals surface area contributed by atoms with Crippen LogP contribution in [-0.4, -0.2) is 69.1 Å². The summed E-state index contributed by atoms with van der Waals surface area (Å²) >= 11 is 0. The van der Waals surface area contributed by atoms with Crippen molar-refractivity contribution in [1.29, 1.82) is 0 Å². The van der Waals surface area contributed by atoms with Gasteiger partial charge in [0.1, 0.15) is 17.2 Å². The minimum Gasteiger partial charge on any atom is -0.370 e. The van der Waals surface area contributed by atoms with Crippen LogP contribution in [0.2, 0.25) is 0 Å². The van der Waals surface area contributed by atoms with Crippen LogP contribution in [0.25, 0.3) is 11.0 Å². The maximum Gasteiger partial charge on any atom is 0.268 e. The van der Waals surface area contributed by atoms with Gasteiger partial charge in [0.15, 0.2) is 0 Å². The van der Waals surface area contributed by atoms with E-state index in [1.807, 2.05) is 24.5 Å². The molecule has 5 heterocycles. The summed E-state index contributed by atoms with van der Waals surface area (Å²) in [6, 6.07) is 6.79. The first-order valence-electron chi connectivity index (χ1n) is 15.0. The van der Waals surface area contributed by atoms with Crippen molar-refractivity contribution in [3.63, 3.8) is 0 Å². The first-order valence-corrected chi connectivity index (χ1v) is 15.0. The molecule has 1 saturated heterocycles. The van der Waals surface area contributed by atoms with Gasteiger partial charge in [-0.25, -0.2) is 9.97 Å². The number of hydrogen-bond acceptors (Lipinski definition) is 7. The number of carbonyl (C=O) groups is 1. The van der Waals surface area contributed by atoms with Gasteiger partial charge in [-0.1, -0.05) is 33.1 Å². The summed E-state index contributed by atoms with van der Waals surface area (Å²) in [7, 11) is 0. The molecular weight excluding hydrogens is 488 g/mol. The zero-order valence-electron chi connectivity index (χ0n) is 23.5. The van der Waals surface area contributed by atoms with Crippen molar-refractivity contribution >= 4 is 34.4 Å². The number of rotatable bonds is 8. The molecule has 0 bridgehead atoms. The van der Waals surface area contributed by atoms with Crippen LogP contribution in [0.1, 0.15) is 82.1 Å². The molecule has 6 rings (SSSR count). The van der Waals surface area contributed by atoms with Crippen LogP contribution < -0.4 is 15.5 Å². The van der Waals surface area contributed by atoms with Gasteiger partial charge in [-0.3, -0.25) is 4.79 Å². The molecule has 0 radical (unpaired) electrons. The fraction of sp³-hybridized carbons (Fsp3) is 0.600. The molecule has 2 aliphatic heterocycles. The van der Waals surface area contributed by atoms with Gasteiger partial charge in [-0.2, -0.15) is 4.98 Å². The van der Waals surface area contributed by atoms with Crippen LogP contribution in [0.15, 0.2) is 30.6 Å². The molecule has 0 aromatic carbocycles. The van der Waals surface area contributed by atoms with Gasteiger partial charge < -0.3 is 25.0 Å². The third-order valence-electron chi connectivity index (χ3n) is 8.97. The van der Waals surface area contributed by atoms with Gasteiger partial charge in [0.25, 0.3) is 5.91 Å². The number of aromatic nitrogens is 4. The minimum absolute atomic E-state index is 0.0246. The molecule has 3 aromatic heterocycles. The fourth-order valence-corrected chi connectivity index (χ4v) is 7.02. The van der Waals surface area contributed by atoms with E-state index in [-0.39, 0.29) is 11.4 Å². The number of carbonyl (C=O) groups excluding carboxylic acids is 1. The van der Waals surface area contributed by atoms with E-state index in [2.05, 4.69) is 49.9 Å². The normalized spacial score (nSPS) is 19.5. The van der Waals surface area contributed by atoms with Crippen molar-refractivity contribution in [2.75, 3.05) is 42.9 Å². The molecule has 3 aromatic rings. The zero-order chi connectivity index (χ0) is 26.8. The van der Waals surface area contributed by atoms with Gasteiger partial charge in [-0.05, 0) is 69.8 Å². The Morgan fingerprint density at radius 2 is 1.82 bits per heavy atom. The van der Waals surface area contributed by atoms with Crippen molar-refractivity contribution in [2.45, 2.75) is 83.2 Å². The zero-order valence-corrected chi connectivity index (χ0v) is 23.5. The van der Waals surface area contributed by atoms with E-state index < -0.39 is 0 Å². The summed E-state index contributed by atoms with van der Waals surface area (Å²) in [5, 5.41) is 7.33. The highest BCUT2D eigenvalue weighted by Crippen LogP contribution is 2.40. The quantitative estimate of drug-likeness (QED) is 0.420. The molecule has 9 nitrogen and oxygen atoms in total. The molecule has 9 heteroatoms. The van der Waals surface area contributed by atoms with Gasteiger partial charge in [0, 0.05) is 37.3 Å². The third kappa shape index (κ3) is 5.09. The lowest BCUT2D eigenvalue weighted by atomic mass is 9.80. The van der Waals surface area contributed by atoms with Gasteiger partial charge in [-0.15, -0.1) is 0 Å². The van der Waals surface area contributed by atoms with Crippen LogP contribution in [-0.2, 0) is 5.54 Å². The van der Waals surface area contributed by atoms with E-state index in [1.54, 1.807) is 0 Å². The van der Waals surface area contributed by atoms with Crippen LogP contribution in [0.3, 0.4) is 0 Å². The lowest BCUT2D eigenvalue weighted by molar-refractivity contribution is 0.0833. The van der Waals surface area contributed by atoms with E-state index in [0.29, 0.717) is 24.2 Å². The number of nitrogens with zero attached hydrogens (tertiary/aromatic N) is 6. The Hall–Kier alpha value is -3.20. The average molecular weight is 531 g/mol. The number of anilines is 3. The fourth-order valence-electron chi connectivity index (χ4n) is 7.02. The number of fused-ring (bicyclic) bond motifs is 4. The summed E-state index contributed by atoms with van der Waals surface area (Å²) in [5.74, 6) is 1.21. The number of hydrogen-bond donors (Lipinski definition) is 2. The largest absolute Gasteiger partial charge is 0.370 e. The Labute approximate surface area is 231 Å². The Kier molecular flexibility index (Phi) is 7.42. The molecule has 1 amide bonds. The highest BCUT2D eigenvalue weighted by molar-refractivity contribution is 5.99. The Bertz CT molecular complexity index is 1280. The topological polar surface area (TPSA) is 91.2 Å². The molecule has 2 fully saturated rings. The molecule has 2 N–H and O–H groups in total. The number of amides is 1. The summed E-state index contributed by atoms with van der Waals surface area (Å²) in [4.78, 5) is 32.0. The SMILES string of the molecule is CCCN(CCC)C1CCN(c2ccc(Nc3ncc4cc5n(c4n3)C3(CCCCC3)CNC5=O)nc2)CC1. The van der Waals surface area contributed by atoms with Gasteiger partial charge in [0.05, 0.1) is 17.4 Å². The average Bonchev–Trinajstić information content (AvgIpc) is 3.37. The predicted molar refractivity (Wildman–Crippen MR) is 156 cm³/mol. The van der Waals surface area contributed by atoms with Crippen molar-refractivity contribution in [1.82, 2.24) is 29.7 Å². The molecule has 0 unspecified atom stereocenters. The van der Waals surface area contributed by atoms with Crippen LogP contribution in [0, 0.1) is 0 Å². The molecular formula is C30H42N8O. The van der Waals surface area contributed by atoms with Gasteiger partial charge >= 0.3 is 0 Å². The van der Waals surface area contributed by atoms with E-state index in [0.717, 1.165) is 42.8 Å². The smallest absolute Gasteiger partial charge is 0.268 e. The van der Waals surface area contributed by atoms with Crippen LogP contribution >= 0.6 is 0 Å². The molecule has 1 spiro atoms. The van der Waals surface area contributed by atoms with Crippen molar-refractivity contribution in [3.05, 3.63) is 36.3 Å². The van der Waals surface area contributed by atoms with E-state index in [9.17, 15) is 4.79 Å². The van der Waals surface area contributed by atoms with Crippen LogP contribution in [0.4, 0.5) is 17.5 Å². The van der Waals surface area contributed by atoms with Crippen molar-refractivity contribution in [3.8, 4) is 0 Å². The third-order valence-corrected chi connectivity index (χ3v) is 8.97. The number of piperidine rings is 1. The van der Waals surface area contributed by atoms with E-state index in [4.69, 9.17) is 9.97 Å². The molecule has 3 aliphatic rings. The predicted octanol–water partition coefficient (Wildman–Crippen LogP) is 5.06. The minimum atomic E-state index is -0.0909. The molecule has 1 saturated carbocycles. The van der Waals surface area contributed by atoms with Gasteiger partial charge in [0.2, 0.25) is 5.95 Å². The Morgan fingerprint density at radius 3 is 2.51 bits per heavy atom. The van der Waals surface area contributed by atoms with Crippen LogP contribution in [0.5, 0.6) is 0 Å². The summed E-state index contributed by atoms with van der Waals surface area (Å²) in [5.41, 5.74) is 2.60. The molecule has 208 valence electrons. The maximum absolute atomic E-state index is 12.7. The number of pyridine rings is 1. The first kappa shape index (κ1) is 26.0. The maximum atomic E-state index is 12.7. The second-order valence-electron chi connectivity index (χ2n) is 11.6. The summed E-state index contributed by atoms with van der Waals surface area (Å²) in [6.45, 7) is 9.77. The number of nitrogens with one attached hydrogen (secondary N) is 2. The van der Waals surface area contributed by atoms with Crippen molar-refractivity contribution in [2.24, 2.45) is 0 Å². The van der Waals surface area contributed by atoms with E-state index >= 15 is 0 Å².